The van der Waals surface area contributed by atoms with Gasteiger partial charge in [0.05, 0.1) is 6.07 Å². The minimum Gasteiger partial charge on any atom is -0.358 e. The van der Waals surface area contributed by atoms with Crippen molar-refractivity contribution in [2.24, 2.45) is 9.98 Å². The fourth-order valence-corrected chi connectivity index (χ4v) is 1.00. The summed E-state index contributed by atoms with van der Waals surface area (Å²) in [4.78, 5) is 17.4. The Labute approximate surface area is 74.8 Å². The SMILES string of the molecule is CC1(CCC#N)N=CC([N+](=O)[O-])=N1. The second-order valence-electron chi connectivity index (χ2n) is 2.86. The Hall–Kier alpha value is -1.77. The third kappa shape index (κ3) is 2.08. The summed E-state index contributed by atoms with van der Waals surface area (Å²) >= 11 is 0. The summed E-state index contributed by atoms with van der Waals surface area (Å²) in [5.74, 6) is -0.236. The highest BCUT2D eigenvalue weighted by atomic mass is 16.6. The molecule has 0 fully saturated rings. The van der Waals surface area contributed by atoms with Crippen LogP contribution in [0.15, 0.2) is 9.98 Å². The summed E-state index contributed by atoms with van der Waals surface area (Å²) < 4.78 is 0. The first kappa shape index (κ1) is 9.32. The number of nitrogens with zero attached hydrogens (tertiary/aromatic N) is 4. The summed E-state index contributed by atoms with van der Waals surface area (Å²) in [5, 5.41) is 18.6. The van der Waals surface area contributed by atoms with E-state index in [9.17, 15) is 10.1 Å². The van der Waals surface area contributed by atoms with Crippen molar-refractivity contribution in [1.82, 2.24) is 0 Å². The van der Waals surface area contributed by atoms with Gasteiger partial charge in [0, 0.05) is 19.8 Å². The molecule has 13 heavy (non-hydrogen) atoms. The lowest BCUT2D eigenvalue weighted by atomic mass is 10.1. The molecule has 0 amide bonds. The molecule has 1 heterocycles. The van der Waals surface area contributed by atoms with E-state index in [0.29, 0.717) is 12.8 Å². The van der Waals surface area contributed by atoms with Crippen LogP contribution in [0.1, 0.15) is 19.8 Å². The van der Waals surface area contributed by atoms with Crippen molar-refractivity contribution in [2.75, 3.05) is 0 Å². The van der Waals surface area contributed by atoms with Gasteiger partial charge in [0.1, 0.15) is 6.21 Å². The molecule has 0 aliphatic carbocycles. The highest BCUT2D eigenvalue weighted by Gasteiger charge is 2.35. The number of hydrogen-bond donors (Lipinski definition) is 0. The molecule has 6 nitrogen and oxygen atoms in total. The third-order valence-electron chi connectivity index (χ3n) is 1.71. The van der Waals surface area contributed by atoms with Crippen molar-refractivity contribution in [1.29, 1.82) is 5.26 Å². The summed E-state index contributed by atoms with van der Waals surface area (Å²) in [6, 6.07) is 1.95. The van der Waals surface area contributed by atoms with Gasteiger partial charge in [0.15, 0.2) is 0 Å². The molecule has 1 unspecified atom stereocenters. The van der Waals surface area contributed by atoms with E-state index >= 15 is 0 Å². The molecule has 68 valence electrons. The molecule has 0 radical (unpaired) electrons. The average Bonchev–Trinajstić information content (AvgIpc) is 2.46. The molecule has 1 rings (SSSR count). The molecule has 1 aliphatic rings. The number of nitro groups is 1. The van der Waals surface area contributed by atoms with Gasteiger partial charge >= 0.3 is 5.84 Å². The van der Waals surface area contributed by atoms with Gasteiger partial charge in [-0.25, -0.2) is 4.99 Å². The summed E-state index contributed by atoms with van der Waals surface area (Å²) in [6.45, 7) is 1.66. The zero-order valence-corrected chi connectivity index (χ0v) is 7.10. The van der Waals surface area contributed by atoms with Gasteiger partial charge in [0.25, 0.3) is 0 Å². The van der Waals surface area contributed by atoms with Crippen LogP contribution in [0.2, 0.25) is 0 Å². The zero-order chi connectivity index (χ0) is 9.90. The van der Waals surface area contributed by atoms with Crippen molar-refractivity contribution in [3.8, 4) is 6.07 Å². The fraction of sp³-hybridized carbons (Fsp3) is 0.571. The number of hydrogen-bond acceptors (Lipinski definition) is 5. The highest BCUT2D eigenvalue weighted by molar-refractivity contribution is 6.26. The van der Waals surface area contributed by atoms with E-state index in [1.165, 1.54) is 0 Å². The molecule has 0 spiro atoms. The van der Waals surface area contributed by atoms with Crippen LogP contribution < -0.4 is 0 Å². The average molecular weight is 180 g/mol. The second kappa shape index (κ2) is 3.31. The molecule has 0 N–H and O–H groups in total. The molecule has 0 aromatic heterocycles. The van der Waals surface area contributed by atoms with E-state index in [-0.39, 0.29) is 5.84 Å². The Balaban J connectivity index is 2.72. The van der Waals surface area contributed by atoms with Crippen LogP contribution in [-0.4, -0.2) is 22.6 Å². The lowest BCUT2D eigenvalue weighted by Crippen LogP contribution is -2.17. The molecule has 1 aliphatic heterocycles. The summed E-state index contributed by atoms with van der Waals surface area (Å²) in [6.07, 6.45) is 1.84. The van der Waals surface area contributed by atoms with Crippen LogP contribution in [-0.2, 0) is 0 Å². The number of aliphatic imine (C=N–C) groups is 2. The van der Waals surface area contributed by atoms with E-state index in [0.717, 1.165) is 6.21 Å². The zero-order valence-electron chi connectivity index (χ0n) is 7.10. The lowest BCUT2D eigenvalue weighted by Gasteiger charge is -2.07. The standard InChI is InChI=1S/C7H8N4O2/c1-7(3-2-4-8)9-5-6(10-7)11(12)13/h5H,2-3H2,1H3. The van der Waals surface area contributed by atoms with Crippen LogP contribution in [0.4, 0.5) is 0 Å². The Morgan fingerprint density at radius 1 is 1.85 bits per heavy atom. The minimum absolute atomic E-state index is 0.236. The first-order chi connectivity index (χ1) is 6.07. The molecule has 0 saturated carbocycles. The number of nitriles is 1. The molecular formula is C7H8N4O2. The van der Waals surface area contributed by atoms with Gasteiger partial charge in [-0.05, 0) is 9.92 Å². The van der Waals surface area contributed by atoms with Gasteiger partial charge in [-0.15, -0.1) is 0 Å². The summed E-state index contributed by atoms with van der Waals surface area (Å²) in [5.41, 5.74) is -0.807. The van der Waals surface area contributed by atoms with Crippen molar-refractivity contribution >= 4 is 12.1 Å². The molecule has 0 bridgehead atoms. The number of amidine groups is 1. The fourth-order valence-electron chi connectivity index (χ4n) is 1.00. The van der Waals surface area contributed by atoms with Crippen LogP contribution in [0.25, 0.3) is 0 Å². The molecule has 0 aromatic rings. The van der Waals surface area contributed by atoms with E-state index in [1.54, 1.807) is 6.92 Å². The van der Waals surface area contributed by atoms with E-state index < -0.39 is 10.6 Å². The Bertz CT molecular complexity index is 328. The predicted octanol–water partition coefficient (Wildman–Crippen LogP) is 0.766. The van der Waals surface area contributed by atoms with Crippen LogP contribution in [0, 0.1) is 21.4 Å². The van der Waals surface area contributed by atoms with E-state index in [2.05, 4.69) is 9.98 Å². The van der Waals surface area contributed by atoms with Gasteiger partial charge in [0.2, 0.25) is 5.66 Å². The van der Waals surface area contributed by atoms with E-state index in [4.69, 9.17) is 5.26 Å². The minimum atomic E-state index is -0.807. The van der Waals surface area contributed by atoms with E-state index in [1.807, 2.05) is 6.07 Å². The Kier molecular flexibility index (Phi) is 2.37. The molecule has 0 aromatic carbocycles. The number of rotatable bonds is 2. The van der Waals surface area contributed by atoms with Gasteiger partial charge in [-0.1, -0.05) is 0 Å². The lowest BCUT2D eigenvalue weighted by molar-refractivity contribution is -0.345. The second-order valence-corrected chi connectivity index (χ2v) is 2.86. The van der Waals surface area contributed by atoms with Crippen molar-refractivity contribution in [2.45, 2.75) is 25.4 Å². The largest absolute Gasteiger partial charge is 0.378 e. The van der Waals surface area contributed by atoms with Gasteiger partial charge in [-0.3, -0.25) is 0 Å². The molecule has 1 atom stereocenters. The Morgan fingerprint density at radius 2 is 2.54 bits per heavy atom. The van der Waals surface area contributed by atoms with Crippen LogP contribution >= 0.6 is 0 Å². The maximum absolute atomic E-state index is 10.3. The maximum Gasteiger partial charge on any atom is 0.378 e. The Morgan fingerprint density at radius 3 is 3.00 bits per heavy atom. The summed E-state index contributed by atoms with van der Waals surface area (Å²) in [7, 11) is 0. The highest BCUT2D eigenvalue weighted by Crippen LogP contribution is 2.22. The van der Waals surface area contributed by atoms with Crippen molar-refractivity contribution in [3.05, 3.63) is 10.1 Å². The topological polar surface area (TPSA) is 91.6 Å². The molecular weight excluding hydrogens is 172 g/mol. The van der Waals surface area contributed by atoms with Crippen LogP contribution in [0.5, 0.6) is 0 Å². The molecule has 0 saturated heterocycles. The van der Waals surface area contributed by atoms with Gasteiger partial charge < -0.3 is 10.1 Å². The van der Waals surface area contributed by atoms with Crippen LogP contribution in [0.3, 0.4) is 0 Å². The quantitative estimate of drug-likeness (QED) is 0.464. The molecule has 6 heteroatoms. The first-order valence-corrected chi connectivity index (χ1v) is 3.74. The maximum atomic E-state index is 10.3. The third-order valence-corrected chi connectivity index (χ3v) is 1.71. The predicted molar refractivity (Wildman–Crippen MR) is 46.2 cm³/mol. The van der Waals surface area contributed by atoms with Crippen molar-refractivity contribution < 1.29 is 4.92 Å². The smallest absolute Gasteiger partial charge is 0.358 e. The normalized spacial score (nSPS) is 25.4. The first-order valence-electron chi connectivity index (χ1n) is 3.74. The van der Waals surface area contributed by atoms with Crippen molar-refractivity contribution in [3.63, 3.8) is 0 Å². The van der Waals surface area contributed by atoms with Gasteiger partial charge in [-0.2, -0.15) is 5.26 Å². The monoisotopic (exact) mass is 180 g/mol.